The van der Waals surface area contributed by atoms with E-state index in [1.807, 2.05) is 73.7 Å². The van der Waals surface area contributed by atoms with E-state index in [4.69, 9.17) is 11.6 Å². The summed E-state index contributed by atoms with van der Waals surface area (Å²) in [5.74, 6) is -0.282. The smallest absolute Gasteiger partial charge is 0.270 e. The molecular weight excluding hydrogens is 444 g/mol. The average Bonchev–Trinajstić information content (AvgIpc) is 3.31. The van der Waals surface area contributed by atoms with Crippen molar-refractivity contribution in [2.24, 2.45) is 0 Å². The average molecular weight is 463 g/mol. The number of para-hydroxylation sites is 1. The van der Waals surface area contributed by atoms with E-state index < -0.39 is 5.37 Å². The number of benzene rings is 3. The molecule has 1 N–H and O–H groups in total. The van der Waals surface area contributed by atoms with Gasteiger partial charge in [0.15, 0.2) is 0 Å². The standard InChI is InChI=1S/C24H19ClN4O2S/c1-15-21(22(25)28(26-15)17-10-3-2-4-11-17)24-29(20(30)14-32-24)27-23(31)19-13-7-9-16-8-5-6-12-18(16)19/h2-13,24H,14H2,1H3,(H,27,31). The van der Waals surface area contributed by atoms with Gasteiger partial charge in [-0.25, -0.2) is 9.69 Å². The lowest BCUT2D eigenvalue weighted by molar-refractivity contribution is -0.130. The van der Waals surface area contributed by atoms with Crippen LogP contribution < -0.4 is 5.43 Å². The molecule has 8 heteroatoms. The summed E-state index contributed by atoms with van der Waals surface area (Å²) >= 11 is 8.14. The van der Waals surface area contributed by atoms with Gasteiger partial charge in [0.2, 0.25) is 0 Å². The molecule has 0 saturated carbocycles. The van der Waals surface area contributed by atoms with E-state index in [0.717, 1.165) is 16.5 Å². The molecular formula is C24H19ClN4O2S. The van der Waals surface area contributed by atoms with Crippen molar-refractivity contribution in [3.63, 3.8) is 0 Å². The highest BCUT2D eigenvalue weighted by molar-refractivity contribution is 8.00. The number of halogens is 1. The number of thioether (sulfide) groups is 1. The molecule has 4 aromatic rings. The van der Waals surface area contributed by atoms with Gasteiger partial charge in [0.1, 0.15) is 10.5 Å². The normalized spacial score (nSPS) is 16.0. The molecule has 0 spiro atoms. The molecule has 6 nitrogen and oxygen atoms in total. The minimum atomic E-state index is -0.466. The van der Waals surface area contributed by atoms with E-state index in [2.05, 4.69) is 10.5 Å². The van der Waals surface area contributed by atoms with E-state index in [9.17, 15) is 9.59 Å². The van der Waals surface area contributed by atoms with Crippen LogP contribution in [0.4, 0.5) is 0 Å². The molecule has 0 aliphatic carbocycles. The van der Waals surface area contributed by atoms with Crippen molar-refractivity contribution in [1.82, 2.24) is 20.2 Å². The molecule has 1 fully saturated rings. The summed E-state index contributed by atoms with van der Waals surface area (Å²) in [5.41, 5.74) is 5.57. The molecule has 0 bridgehead atoms. The second-order valence-electron chi connectivity index (χ2n) is 7.43. The van der Waals surface area contributed by atoms with Crippen molar-refractivity contribution in [3.8, 4) is 5.69 Å². The van der Waals surface area contributed by atoms with Crippen molar-refractivity contribution in [1.29, 1.82) is 0 Å². The molecule has 1 aromatic heterocycles. The highest BCUT2D eigenvalue weighted by atomic mass is 35.5. The number of aromatic nitrogens is 2. The largest absolute Gasteiger partial charge is 0.272 e. The van der Waals surface area contributed by atoms with Crippen LogP contribution in [-0.4, -0.2) is 32.4 Å². The van der Waals surface area contributed by atoms with Crippen molar-refractivity contribution in [2.45, 2.75) is 12.3 Å². The topological polar surface area (TPSA) is 67.2 Å². The van der Waals surface area contributed by atoms with Gasteiger partial charge in [-0.05, 0) is 35.9 Å². The van der Waals surface area contributed by atoms with E-state index >= 15 is 0 Å². The number of amides is 2. The third-order valence-corrected chi connectivity index (χ3v) is 6.96. The Labute approximate surface area is 194 Å². The Bertz CT molecular complexity index is 1330. The molecule has 1 unspecified atom stereocenters. The molecule has 5 rings (SSSR count). The second-order valence-corrected chi connectivity index (χ2v) is 8.86. The maximum Gasteiger partial charge on any atom is 0.270 e. The lowest BCUT2D eigenvalue weighted by atomic mass is 10.0. The van der Waals surface area contributed by atoms with Crippen molar-refractivity contribution in [3.05, 3.63) is 94.8 Å². The van der Waals surface area contributed by atoms with Crippen LogP contribution in [0.2, 0.25) is 5.15 Å². The van der Waals surface area contributed by atoms with E-state index in [-0.39, 0.29) is 17.6 Å². The first kappa shape index (κ1) is 20.6. The SMILES string of the molecule is Cc1nn(-c2ccccc2)c(Cl)c1C1SCC(=O)N1NC(=O)c1cccc2ccccc12. The summed E-state index contributed by atoms with van der Waals surface area (Å²) in [5, 5.41) is 7.70. The number of hydrazine groups is 1. The van der Waals surface area contributed by atoms with Crippen molar-refractivity contribution < 1.29 is 9.59 Å². The zero-order valence-corrected chi connectivity index (χ0v) is 18.7. The monoisotopic (exact) mass is 462 g/mol. The lowest BCUT2D eigenvalue weighted by Gasteiger charge is -2.24. The molecule has 32 heavy (non-hydrogen) atoms. The van der Waals surface area contributed by atoms with Crippen molar-refractivity contribution >= 4 is 45.9 Å². The predicted octanol–water partition coefficient (Wildman–Crippen LogP) is 4.91. The van der Waals surface area contributed by atoms with Gasteiger partial charge in [-0.1, -0.05) is 66.2 Å². The summed E-state index contributed by atoms with van der Waals surface area (Å²) in [6, 6.07) is 22.8. The molecule has 160 valence electrons. The Kier molecular flexibility index (Phi) is 5.36. The van der Waals surface area contributed by atoms with Crippen LogP contribution in [0.15, 0.2) is 72.8 Å². The van der Waals surface area contributed by atoms with E-state index in [1.165, 1.54) is 16.8 Å². The first-order valence-corrected chi connectivity index (χ1v) is 11.5. The Morgan fingerprint density at radius 3 is 2.59 bits per heavy atom. The molecule has 1 aliphatic heterocycles. The number of aryl methyl sites for hydroxylation is 1. The van der Waals surface area contributed by atoms with Gasteiger partial charge in [0.05, 0.1) is 17.1 Å². The molecule has 1 atom stereocenters. The van der Waals surface area contributed by atoms with Gasteiger partial charge in [-0.15, -0.1) is 11.8 Å². The zero-order valence-electron chi connectivity index (χ0n) is 17.2. The fourth-order valence-corrected chi connectivity index (χ4v) is 5.53. The Morgan fingerprint density at radius 1 is 1.06 bits per heavy atom. The van der Waals surface area contributed by atoms with E-state index in [0.29, 0.717) is 22.0 Å². The number of hydrogen-bond acceptors (Lipinski definition) is 4. The van der Waals surface area contributed by atoms with Gasteiger partial charge in [-0.2, -0.15) is 5.10 Å². The van der Waals surface area contributed by atoms with Crippen molar-refractivity contribution in [2.75, 3.05) is 5.75 Å². The summed E-state index contributed by atoms with van der Waals surface area (Å²) in [6.07, 6.45) is 0. The molecule has 1 aliphatic rings. The molecule has 2 heterocycles. The van der Waals surface area contributed by atoms with Gasteiger partial charge in [0.25, 0.3) is 11.8 Å². The first-order valence-electron chi connectivity index (χ1n) is 10.1. The summed E-state index contributed by atoms with van der Waals surface area (Å²) in [7, 11) is 0. The highest BCUT2D eigenvalue weighted by Gasteiger charge is 2.38. The maximum absolute atomic E-state index is 13.2. The van der Waals surface area contributed by atoms with Crippen LogP contribution in [-0.2, 0) is 4.79 Å². The Morgan fingerprint density at radius 2 is 1.78 bits per heavy atom. The highest BCUT2D eigenvalue weighted by Crippen LogP contribution is 2.42. The number of fused-ring (bicyclic) bond motifs is 1. The van der Waals surface area contributed by atoms with Crippen LogP contribution in [0.1, 0.15) is 27.0 Å². The summed E-state index contributed by atoms with van der Waals surface area (Å²) in [6.45, 7) is 1.86. The van der Waals surface area contributed by atoms with Crippen LogP contribution in [0, 0.1) is 6.92 Å². The maximum atomic E-state index is 13.2. The Hall–Kier alpha value is -3.29. The Balaban J connectivity index is 1.48. The number of carbonyl (C=O) groups excluding carboxylic acids is 2. The third-order valence-electron chi connectivity index (χ3n) is 5.42. The van der Waals surface area contributed by atoms with Gasteiger partial charge < -0.3 is 0 Å². The zero-order chi connectivity index (χ0) is 22.2. The summed E-state index contributed by atoms with van der Waals surface area (Å²) < 4.78 is 1.65. The minimum absolute atomic E-state index is 0.184. The van der Waals surface area contributed by atoms with Gasteiger partial charge in [-0.3, -0.25) is 15.0 Å². The molecule has 1 saturated heterocycles. The number of rotatable bonds is 4. The van der Waals surface area contributed by atoms with Gasteiger partial charge in [0, 0.05) is 11.1 Å². The number of nitrogens with one attached hydrogen (secondary N) is 1. The summed E-state index contributed by atoms with van der Waals surface area (Å²) in [4.78, 5) is 25.9. The van der Waals surface area contributed by atoms with E-state index in [1.54, 1.807) is 10.7 Å². The fourth-order valence-electron chi connectivity index (χ4n) is 3.88. The second kappa shape index (κ2) is 8.33. The lowest BCUT2D eigenvalue weighted by Crippen LogP contribution is -2.44. The van der Waals surface area contributed by atoms with Crippen LogP contribution in [0.3, 0.4) is 0 Å². The minimum Gasteiger partial charge on any atom is -0.272 e. The third kappa shape index (κ3) is 3.53. The molecule has 0 radical (unpaired) electrons. The quantitative estimate of drug-likeness (QED) is 0.468. The number of hydrogen-bond donors (Lipinski definition) is 1. The first-order chi connectivity index (χ1) is 15.5. The predicted molar refractivity (Wildman–Crippen MR) is 127 cm³/mol. The van der Waals surface area contributed by atoms with Crippen LogP contribution in [0.25, 0.3) is 16.5 Å². The number of nitrogens with zero attached hydrogens (tertiary/aromatic N) is 3. The molecule has 3 aromatic carbocycles. The molecule has 2 amide bonds. The fraction of sp³-hybridized carbons (Fsp3) is 0.125. The number of carbonyl (C=O) groups is 2. The van der Waals surface area contributed by atoms with Crippen LogP contribution >= 0.6 is 23.4 Å². The van der Waals surface area contributed by atoms with Gasteiger partial charge >= 0.3 is 0 Å². The van der Waals surface area contributed by atoms with Crippen LogP contribution in [0.5, 0.6) is 0 Å².